The Morgan fingerprint density at radius 2 is 1.88 bits per heavy atom. The molecule has 1 aliphatic carbocycles. The van der Waals surface area contributed by atoms with E-state index in [-0.39, 0.29) is 22.6 Å². The SMILES string of the molecule is COc1ccc(C(NC(=O)CSc2ccc(S(=O)(=O)N3CCCCC3)cn2)C2CC2)cc1. The normalized spacial score (nSPS) is 18.2. The number of nitrogens with zero attached hydrogens (tertiary/aromatic N) is 2. The second-order valence-electron chi connectivity index (χ2n) is 8.24. The summed E-state index contributed by atoms with van der Waals surface area (Å²) < 4.78 is 32.2. The second-order valence-corrected chi connectivity index (χ2v) is 11.2. The minimum Gasteiger partial charge on any atom is -0.497 e. The summed E-state index contributed by atoms with van der Waals surface area (Å²) in [6, 6.07) is 11.1. The number of piperidine rings is 1. The van der Waals surface area contributed by atoms with Crippen LogP contribution in [0.1, 0.15) is 43.7 Å². The van der Waals surface area contributed by atoms with Crippen LogP contribution >= 0.6 is 11.8 Å². The number of amides is 1. The van der Waals surface area contributed by atoms with E-state index in [1.54, 1.807) is 19.2 Å². The van der Waals surface area contributed by atoms with Gasteiger partial charge in [-0.15, -0.1) is 0 Å². The van der Waals surface area contributed by atoms with Gasteiger partial charge >= 0.3 is 0 Å². The van der Waals surface area contributed by atoms with Gasteiger partial charge in [-0.05, 0) is 61.4 Å². The highest BCUT2D eigenvalue weighted by Gasteiger charge is 2.33. The minimum absolute atomic E-state index is 0.000901. The Morgan fingerprint density at radius 3 is 2.47 bits per heavy atom. The van der Waals surface area contributed by atoms with Crippen molar-refractivity contribution in [2.24, 2.45) is 5.92 Å². The maximum atomic E-state index is 12.7. The lowest BCUT2D eigenvalue weighted by Gasteiger charge is -2.25. The van der Waals surface area contributed by atoms with E-state index in [2.05, 4.69) is 10.3 Å². The lowest BCUT2D eigenvalue weighted by atomic mass is 10.0. The maximum Gasteiger partial charge on any atom is 0.244 e. The molecule has 2 aromatic rings. The number of hydrogen-bond acceptors (Lipinski definition) is 6. The number of thioether (sulfide) groups is 1. The van der Waals surface area contributed by atoms with E-state index in [0.29, 0.717) is 24.0 Å². The van der Waals surface area contributed by atoms with Crippen LogP contribution in [0.2, 0.25) is 0 Å². The van der Waals surface area contributed by atoms with Gasteiger partial charge in [0.05, 0.1) is 23.9 Å². The van der Waals surface area contributed by atoms with E-state index in [1.165, 1.54) is 22.3 Å². The number of hydrogen-bond donors (Lipinski definition) is 1. The van der Waals surface area contributed by atoms with Gasteiger partial charge in [-0.3, -0.25) is 4.79 Å². The van der Waals surface area contributed by atoms with Crippen LogP contribution in [0.25, 0.3) is 0 Å². The summed E-state index contributed by atoms with van der Waals surface area (Å²) in [6.45, 7) is 1.13. The van der Waals surface area contributed by atoms with Crippen molar-refractivity contribution < 1.29 is 17.9 Å². The Kier molecular flexibility index (Phi) is 7.37. The highest BCUT2D eigenvalue weighted by atomic mass is 32.2. The molecule has 0 bridgehead atoms. The number of ether oxygens (including phenoxy) is 1. The monoisotopic (exact) mass is 475 g/mol. The molecule has 2 fully saturated rings. The van der Waals surface area contributed by atoms with Gasteiger partial charge in [0.15, 0.2) is 0 Å². The Bertz CT molecular complexity index is 1020. The van der Waals surface area contributed by atoms with Crippen molar-refractivity contribution in [1.29, 1.82) is 0 Å². The second kappa shape index (κ2) is 10.2. The first-order valence-corrected chi connectivity index (χ1v) is 13.4. The molecule has 1 saturated carbocycles. The first kappa shape index (κ1) is 23.1. The number of nitrogens with one attached hydrogen (secondary N) is 1. The molecule has 1 unspecified atom stereocenters. The first-order valence-electron chi connectivity index (χ1n) is 11.0. The third kappa shape index (κ3) is 5.63. The molecule has 0 spiro atoms. The topological polar surface area (TPSA) is 88.6 Å². The van der Waals surface area contributed by atoms with Crippen LogP contribution < -0.4 is 10.1 Å². The molecule has 1 atom stereocenters. The van der Waals surface area contributed by atoms with Crippen LogP contribution in [0.5, 0.6) is 5.75 Å². The summed E-state index contributed by atoms with van der Waals surface area (Å²) in [7, 11) is -1.86. The Morgan fingerprint density at radius 1 is 1.16 bits per heavy atom. The quantitative estimate of drug-likeness (QED) is 0.557. The summed E-state index contributed by atoms with van der Waals surface area (Å²) in [4.78, 5) is 17.1. The third-order valence-electron chi connectivity index (χ3n) is 5.90. The van der Waals surface area contributed by atoms with Crippen LogP contribution in [0.3, 0.4) is 0 Å². The molecule has 2 heterocycles. The lowest BCUT2D eigenvalue weighted by Crippen LogP contribution is -2.35. The summed E-state index contributed by atoms with van der Waals surface area (Å²) in [5.41, 5.74) is 1.08. The molecule has 1 aromatic heterocycles. The van der Waals surface area contributed by atoms with Crippen LogP contribution in [0.4, 0.5) is 0 Å². The summed E-state index contributed by atoms with van der Waals surface area (Å²) >= 11 is 1.31. The molecular formula is C23H29N3O4S2. The molecule has 7 nitrogen and oxygen atoms in total. The van der Waals surface area contributed by atoms with Crippen molar-refractivity contribution in [2.45, 2.75) is 48.1 Å². The van der Waals surface area contributed by atoms with E-state index in [1.807, 2.05) is 24.3 Å². The number of methoxy groups -OCH3 is 1. The number of sulfonamides is 1. The van der Waals surface area contributed by atoms with E-state index in [9.17, 15) is 13.2 Å². The van der Waals surface area contributed by atoms with Gasteiger partial charge < -0.3 is 10.1 Å². The molecule has 1 saturated heterocycles. The fraction of sp³-hybridized carbons (Fsp3) is 0.478. The highest BCUT2D eigenvalue weighted by Crippen LogP contribution is 2.41. The van der Waals surface area contributed by atoms with E-state index in [0.717, 1.165) is 43.4 Å². The van der Waals surface area contributed by atoms with Gasteiger partial charge in [0.25, 0.3) is 0 Å². The Hall–Kier alpha value is -2.10. The first-order chi connectivity index (χ1) is 15.5. The van der Waals surface area contributed by atoms with Gasteiger partial charge in [0.2, 0.25) is 15.9 Å². The molecule has 2 aliphatic rings. The van der Waals surface area contributed by atoms with E-state index >= 15 is 0 Å². The van der Waals surface area contributed by atoms with Crippen molar-refractivity contribution >= 4 is 27.7 Å². The van der Waals surface area contributed by atoms with Gasteiger partial charge in [0.1, 0.15) is 10.6 Å². The molecular weight excluding hydrogens is 446 g/mol. The maximum absolute atomic E-state index is 12.7. The fourth-order valence-electron chi connectivity index (χ4n) is 3.93. The lowest BCUT2D eigenvalue weighted by molar-refractivity contribution is -0.119. The molecule has 9 heteroatoms. The number of pyridine rings is 1. The molecule has 1 aromatic carbocycles. The predicted molar refractivity (Wildman–Crippen MR) is 124 cm³/mol. The van der Waals surface area contributed by atoms with Crippen LogP contribution in [-0.2, 0) is 14.8 Å². The Balaban J connectivity index is 1.33. The van der Waals surface area contributed by atoms with Gasteiger partial charge in [-0.1, -0.05) is 30.3 Å². The molecule has 0 radical (unpaired) electrons. The molecule has 1 N–H and O–H groups in total. The van der Waals surface area contributed by atoms with Crippen molar-refractivity contribution in [3.8, 4) is 5.75 Å². The Labute approximate surface area is 194 Å². The van der Waals surface area contributed by atoms with Crippen molar-refractivity contribution in [3.05, 3.63) is 48.2 Å². The summed E-state index contributed by atoms with van der Waals surface area (Å²) in [6.07, 6.45) is 6.48. The zero-order chi connectivity index (χ0) is 22.6. The molecule has 172 valence electrons. The third-order valence-corrected chi connectivity index (χ3v) is 8.72. The number of benzene rings is 1. The number of rotatable bonds is 9. The molecule has 4 rings (SSSR count). The van der Waals surface area contributed by atoms with Crippen LogP contribution in [-0.4, -0.2) is 49.6 Å². The average Bonchev–Trinajstić information content (AvgIpc) is 3.67. The predicted octanol–water partition coefficient (Wildman–Crippen LogP) is 3.62. The smallest absolute Gasteiger partial charge is 0.244 e. The average molecular weight is 476 g/mol. The number of carbonyl (C=O) groups is 1. The fourth-order valence-corrected chi connectivity index (χ4v) is 6.04. The zero-order valence-corrected chi connectivity index (χ0v) is 19.8. The van der Waals surface area contributed by atoms with Gasteiger partial charge in [0, 0.05) is 19.3 Å². The van der Waals surface area contributed by atoms with E-state index < -0.39 is 10.0 Å². The van der Waals surface area contributed by atoms with Crippen LogP contribution in [0, 0.1) is 5.92 Å². The number of aromatic nitrogens is 1. The summed E-state index contributed by atoms with van der Waals surface area (Å²) in [5, 5.41) is 3.78. The van der Waals surface area contributed by atoms with Gasteiger partial charge in [-0.25, -0.2) is 13.4 Å². The molecule has 1 amide bonds. The van der Waals surface area contributed by atoms with E-state index in [4.69, 9.17) is 4.74 Å². The number of carbonyl (C=O) groups excluding carboxylic acids is 1. The zero-order valence-electron chi connectivity index (χ0n) is 18.2. The largest absolute Gasteiger partial charge is 0.497 e. The van der Waals surface area contributed by atoms with Crippen molar-refractivity contribution in [3.63, 3.8) is 0 Å². The summed E-state index contributed by atoms with van der Waals surface area (Å²) in [5.74, 6) is 1.43. The standard InChI is InChI=1S/C23H29N3O4S2/c1-30-19-9-7-18(8-10-19)23(17-5-6-17)25-21(27)16-31-22-12-11-20(15-24-22)32(28,29)26-13-3-2-4-14-26/h7-12,15,17,23H,2-6,13-14,16H2,1H3,(H,25,27). The van der Waals surface area contributed by atoms with Gasteiger partial charge in [-0.2, -0.15) is 4.31 Å². The van der Waals surface area contributed by atoms with Crippen LogP contribution in [0.15, 0.2) is 52.5 Å². The minimum atomic E-state index is -3.49. The highest BCUT2D eigenvalue weighted by molar-refractivity contribution is 7.99. The molecule has 32 heavy (non-hydrogen) atoms. The van der Waals surface area contributed by atoms with Crippen molar-refractivity contribution in [2.75, 3.05) is 26.0 Å². The van der Waals surface area contributed by atoms with Crippen molar-refractivity contribution in [1.82, 2.24) is 14.6 Å². The molecule has 1 aliphatic heterocycles.